The van der Waals surface area contributed by atoms with E-state index in [-0.39, 0.29) is 12.5 Å². The molecule has 0 aliphatic carbocycles. The van der Waals surface area contributed by atoms with Crippen molar-refractivity contribution >= 4 is 5.91 Å². The van der Waals surface area contributed by atoms with Crippen LogP contribution in [0, 0.1) is 6.92 Å². The number of likely N-dealkylation sites (tertiary alicyclic amines) is 1. The fraction of sp³-hybridized carbons (Fsp3) is 0.412. The fourth-order valence-corrected chi connectivity index (χ4v) is 3.02. The number of piperidine rings is 1. The zero-order valence-electron chi connectivity index (χ0n) is 12.8. The maximum atomic E-state index is 12.5. The number of aryl methyl sites for hydroxylation is 1. The standard InChI is InChI=1S/C17H21N3O2/c1-12-4-2-5-13(8-12)14-6-3-7-20(10-14)17(21)15-11-22-16(9-18)19-15/h2,4-5,8,11,14H,3,6-7,9-10,18H2,1H3. The highest BCUT2D eigenvalue weighted by Gasteiger charge is 2.27. The Kier molecular flexibility index (Phi) is 4.24. The first-order valence-electron chi connectivity index (χ1n) is 7.67. The van der Waals surface area contributed by atoms with Crippen LogP contribution in [-0.2, 0) is 6.54 Å². The van der Waals surface area contributed by atoms with Gasteiger partial charge in [0.1, 0.15) is 6.26 Å². The van der Waals surface area contributed by atoms with E-state index in [2.05, 4.69) is 36.2 Å². The van der Waals surface area contributed by atoms with E-state index >= 15 is 0 Å². The highest BCUT2D eigenvalue weighted by Crippen LogP contribution is 2.28. The second-order valence-corrected chi connectivity index (χ2v) is 5.84. The Bertz CT molecular complexity index is 665. The van der Waals surface area contributed by atoms with Crippen LogP contribution in [0.15, 0.2) is 34.9 Å². The first-order chi connectivity index (χ1) is 10.7. The van der Waals surface area contributed by atoms with Crippen LogP contribution in [0.2, 0.25) is 0 Å². The molecule has 0 radical (unpaired) electrons. The molecule has 2 aromatic rings. The summed E-state index contributed by atoms with van der Waals surface area (Å²) in [4.78, 5) is 18.5. The van der Waals surface area contributed by atoms with Gasteiger partial charge in [-0.2, -0.15) is 0 Å². The maximum absolute atomic E-state index is 12.5. The van der Waals surface area contributed by atoms with Crippen molar-refractivity contribution in [3.05, 3.63) is 53.2 Å². The minimum atomic E-state index is -0.0687. The van der Waals surface area contributed by atoms with Crippen LogP contribution in [0.1, 0.15) is 46.3 Å². The summed E-state index contributed by atoms with van der Waals surface area (Å²) in [6, 6.07) is 8.53. The third kappa shape index (κ3) is 3.04. The second kappa shape index (κ2) is 6.32. The fourth-order valence-electron chi connectivity index (χ4n) is 3.02. The Morgan fingerprint density at radius 2 is 2.36 bits per heavy atom. The summed E-state index contributed by atoms with van der Waals surface area (Å²) >= 11 is 0. The number of hydrogen-bond donors (Lipinski definition) is 1. The molecular weight excluding hydrogens is 278 g/mol. The molecule has 1 aromatic heterocycles. The van der Waals surface area contributed by atoms with Crippen LogP contribution in [0.3, 0.4) is 0 Å². The molecule has 2 N–H and O–H groups in total. The Labute approximate surface area is 130 Å². The van der Waals surface area contributed by atoms with E-state index in [1.165, 1.54) is 17.4 Å². The molecule has 0 saturated carbocycles. The van der Waals surface area contributed by atoms with Crippen molar-refractivity contribution in [3.63, 3.8) is 0 Å². The van der Waals surface area contributed by atoms with Gasteiger partial charge in [0.2, 0.25) is 5.89 Å². The SMILES string of the molecule is Cc1cccc(C2CCCN(C(=O)c3coc(CN)n3)C2)c1. The Balaban J connectivity index is 1.73. The predicted molar refractivity (Wildman–Crippen MR) is 83.5 cm³/mol. The van der Waals surface area contributed by atoms with Crippen molar-refractivity contribution in [2.24, 2.45) is 5.73 Å². The third-order valence-corrected chi connectivity index (χ3v) is 4.17. The van der Waals surface area contributed by atoms with Gasteiger partial charge in [-0.1, -0.05) is 29.8 Å². The molecule has 1 aliphatic rings. The summed E-state index contributed by atoms with van der Waals surface area (Å²) in [5, 5.41) is 0. The van der Waals surface area contributed by atoms with E-state index in [1.54, 1.807) is 0 Å². The second-order valence-electron chi connectivity index (χ2n) is 5.84. The van der Waals surface area contributed by atoms with Gasteiger partial charge in [0, 0.05) is 19.0 Å². The van der Waals surface area contributed by atoms with Gasteiger partial charge in [-0.05, 0) is 25.3 Å². The minimum Gasteiger partial charge on any atom is -0.447 e. The molecule has 116 valence electrons. The van der Waals surface area contributed by atoms with Gasteiger partial charge in [0.15, 0.2) is 5.69 Å². The van der Waals surface area contributed by atoms with Gasteiger partial charge in [0.25, 0.3) is 5.91 Å². The molecule has 22 heavy (non-hydrogen) atoms. The van der Waals surface area contributed by atoms with Gasteiger partial charge in [-0.25, -0.2) is 4.98 Å². The summed E-state index contributed by atoms with van der Waals surface area (Å²) in [5.74, 6) is 0.717. The number of nitrogens with two attached hydrogens (primary N) is 1. The first kappa shape index (κ1) is 14.8. The van der Waals surface area contributed by atoms with Gasteiger partial charge < -0.3 is 15.1 Å². The van der Waals surface area contributed by atoms with Crippen molar-refractivity contribution in [1.82, 2.24) is 9.88 Å². The van der Waals surface area contributed by atoms with Crippen LogP contribution < -0.4 is 5.73 Å². The lowest BCUT2D eigenvalue weighted by atomic mass is 9.90. The van der Waals surface area contributed by atoms with Crippen LogP contribution >= 0.6 is 0 Å². The molecule has 1 unspecified atom stereocenters. The molecule has 3 rings (SSSR count). The quantitative estimate of drug-likeness (QED) is 0.945. The van der Waals surface area contributed by atoms with E-state index < -0.39 is 0 Å². The van der Waals surface area contributed by atoms with Gasteiger partial charge in [-0.15, -0.1) is 0 Å². The number of aromatic nitrogens is 1. The zero-order chi connectivity index (χ0) is 15.5. The third-order valence-electron chi connectivity index (χ3n) is 4.17. The molecule has 0 spiro atoms. The summed E-state index contributed by atoms with van der Waals surface area (Å²) in [5.41, 5.74) is 8.39. The van der Waals surface area contributed by atoms with Crippen molar-refractivity contribution < 1.29 is 9.21 Å². The largest absolute Gasteiger partial charge is 0.447 e. The summed E-state index contributed by atoms with van der Waals surface area (Å²) < 4.78 is 5.17. The minimum absolute atomic E-state index is 0.0687. The normalized spacial score (nSPS) is 18.5. The van der Waals surface area contributed by atoms with Crippen LogP contribution in [0.25, 0.3) is 0 Å². The number of rotatable bonds is 3. The topological polar surface area (TPSA) is 72.4 Å². The Hall–Kier alpha value is -2.14. The van der Waals surface area contributed by atoms with E-state index in [0.717, 1.165) is 25.9 Å². The average molecular weight is 299 g/mol. The lowest BCUT2D eigenvalue weighted by Crippen LogP contribution is -2.39. The molecule has 1 atom stereocenters. The molecule has 1 aromatic carbocycles. The van der Waals surface area contributed by atoms with Gasteiger partial charge in [0.05, 0.1) is 6.54 Å². The number of oxazole rings is 1. The lowest BCUT2D eigenvalue weighted by Gasteiger charge is -2.32. The number of benzene rings is 1. The van der Waals surface area contributed by atoms with Gasteiger partial charge in [-0.3, -0.25) is 4.79 Å². The molecule has 1 fully saturated rings. The first-order valence-corrected chi connectivity index (χ1v) is 7.67. The van der Waals surface area contributed by atoms with Crippen molar-refractivity contribution in [2.45, 2.75) is 32.2 Å². The number of hydrogen-bond acceptors (Lipinski definition) is 4. The highest BCUT2D eigenvalue weighted by atomic mass is 16.3. The maximum Gasteiger partial charge on any atom is 0.275 e. The molecule has 1 aliphatic heterocycles. The number of carbonyl (C=O) groups excluding carboxylic acids is 1. The predicted octanol–water partition coefficient (Wildman–Crippen LogP) is 2.46. The molecule has 1 saturated heterocycles. The molecule has 0 bridgehead atoms. The Morgan fingerprint density at radius 3 is 3.09 bits per heavy atom. The van der Waals surface area contributed by atoms with E-state index in [4.69, 9.17) is 10.2 Å². The smallest absolute Gasteiger partial charge is 0.275 e. The molecule has 2 heterocycles. The van der Waals surface area contributed by atoms with E-state index in [9.17, 15) is 4.79 Å². The van der Waals surface area contributed by atoms with Crippen LogP contribution in [0.5, 0.6) is 0 Å². The van der Waals surface area contributed by atoms with Crippen LogP contribution in [-0.4, -0.2) is 28.9 Å². The summed E-state index contributed by atoms with van der Waals surface area (Å²) in [7, 11) is 0. The molecule has 1 amide bonds. The number of nitrogens with zero attached hydrogens (tertiary/aromatic N) is 2. The number of carbonyl (C=O) groups is 1. The molecule has 5 heteroatoms. The molecule has 5 nitrogen and oxygen atoms in total. The van der Waals surface area contributed by atoms with Crippen molar-refractivity contribution in [2.75, 3.05) is 13.1 Å². The van der Waals surface area contributed by atoms with Crippen molar-refractivity contribution in [3.8, 4) is 0 Å². The van der Waals surface area contributed by atoms with E-state index in [0.29, 0.717) is 17.5 Å². The van der Waals surface area contributed by atoms with E-state index in [1.807, 2.05) is 4.90 Å². The highest BCUT2D eigenvalue weighted by molar-refractivity contribution is 5.92. The van der Waals surface area contributed by atoms with Gasteiger partial charge >= 0.3 is 0 Å². The average Bonchev–Trinajstić information content (AvgIpc) is 3.03. The summed E-state index contributed by atoms with van der Waals surface area (Å²) in [6.45, 7) is 3.80. The van der Waals surface area contributed by atoms with Crippen molar-refractivity contribution in [1.29, 1.82) is 0 Å². The summed E-state index contributed by atoms with van der Waals surface area (Å²) in [6.07, 6.45) is 3.52. The number of amides is 1. The Morgan fingerprint density at radius 1 is 1.50 bits per heavy atom. The molecular formula is C17H21N3O2. The van der Waals surface area contributed by atoms with Crippen LogP contribution in [0.4, 0.5) is 0 Å². The lowest BCUT2D eigenvalue weighted by molar-refractivity contribution is 0.0701. The zero-order valence-corrected chi connectivity index (χ0v) is 12.8. The monoisotopic (exact) mass is 299 g/mol.